The first kappa shape index (κ1) is 14.4. The maximum absolute atomic E-state index is 9.91. The Bertz CT molecular complexity index is 540. The minimum Gasteiger partial charge on any atom is -0.507 e. The van der Waals surface area contributed by atoms with Crippen molar-refractivity contribution >= 4 is 0 Å². The minimum absolute atomic E-state index is 0.267. The molecule has 106 valence electrons. The molecule has 2 aromatic rings. The van der Waals surface area contributed by atoms with E-state index in [2.05, 4.69) is 36.5 Å². The van der Waals surface area contributed by atoms with Gasteiger partial charge in [0.2, 0.25) is 0 Å². The fourth-order valence-electron chi connectivity index (χ4n) is 2.14. The molecule has 3 heteroatoms. The third kappa shape index (κ3) is 4.00. The Morgan fingerprint density at radius 2 is 1.90 bits per heavy atom. The number of aromatic hydroxyl groups is 1. The lowest BCUT2D eigenvalue weighted by molar-refractivity contribution is 0.405. The van der Waals surface area contributed by atoms with Crippen molar-refractivity contribution in [3.63, 3.8) is 0 Å². The normalized spacial score (nSPS) is 12.1. The molecular formula is C17H21NO2. The molecular weight excluding hydrogens is 250 g/mol. The van der Waals surface area contributed by atoms with Crippen molar-refractivity contribution in [1.29, 1.82) is 0 Å². The zero-order chi connectivity index (χ0) is 14.4. The van der Waals surface area contributed by atoms with Gasteiger partial charge in [-0.3, -0.25) is 0 Å². The summed E-state index contributed by atoms with van der Waals surface area (Å²) in [5.74, 6) is 0.937. The molecule has 0 radical (unpaired) electrons. The number of benzene rings is 2. The van der Waals surface area contributed by atoms with E-state index in [1.54, 1.807) is 13.2 Å². The van der Waals surface area contributed by atoms with Crippen LogP contribution in [0.1, 0.15) is 18.1 Å². The van der Waals surface area contributed by atoms with Crippen LogP contribution in [-0.4, -0.2) is 18.3 Å². The summed E-state index contributed by atoms with van der Waals surface area (Å²) in [5, 5.41) is 13.3. The Morgan fingerprint density at radius 3 is 2.55 bits per heavy atom. The highest BCUT2D eigenvalue weighted by Gasteiger charge is 2.06. The van der Waals surface area contributed by atoms with Crippen LogP contribution in [0.15, 0.2) is 48.5 Å². The van der Waals surface area contributed by atoms with E-state index in [1.165, 1.54) is 5.56 Å². The summed E-state index contributed by atoms with van der Waals surface area (Å²) in [6.07, 6.45) is 0.970. The van der Waals surface area contributed by atoms with Crippen LogP contribution in [0.3, 0.4) is 0 Å². The van der Waals surface area contributed by atoms with Gasteiger partial charge in [0.15, 0.2) is 0 Å². The molecule has 0 saturated heterocycles. The summed E-state index contributed by atoms with van der Waals surface area (Å²) in [7, 11) is 1.59. The van der Waals surface area contributed by atoms with Gasteiger partial charge in [-0.25, -0.2) is 0 Å². The fourth-order valence-corrected chi connectivity index (χ4v) is 2.14. The fraction of sp³-hybridized carbons (Fsp3) is 0.294. The van der Waals surface area contributed by atoms with Crippen molar-refractivity contribution < 1.29 is 9.84 Å². The minimum atomic E-state index is 0.267. The van der Waals surface area contributed by atoms with E-state index < -0.39 is 0 Å². The largest absolute Gasteiger partial charge is 0.507 e. The molecule has 1 unspecified atom stereocenters. The second kappa shape index (κ2) is 6.96. The van der Waals surface area contributed by atoms with Crippen molar-refractivity contribution in [2.24, 2.45) is 0 Å². The summed E-state index contributed by atoms with van der Waals surface area (Å²) >= 11 is 0. The van der Waals surface area contributed by atoms with Crippen LogP contribution in [0.5, 0.6) is 11.5 Å². The molecule has 20 heavy (non-hydrogen) atoms. The third-order valence-electron chi connectivity index (χ3n) is 3.32. The third-order valence-corrected chi connectivity index (χ3v) is 3.32. The number of methoxy groups -OCH3 is 1. The summed E-state index contributed by atoms with van der Waals surface area (Å²) < 4.78 is 5.07. The standard InChI is InChI=1S/C17H21NO2/c1-13(10-14-6-4-3-5-7-14)18-12-15-8-9-16(20-2)11-17(15)19/h3-9,11,13,18-19H,10,12H2,1-2H3. The quantitative estimate of drug-likeness (QED) is 0.848. The van der Waals surface area contributed by atoms with E-state index in [1.807, 2.05) is 18.2 Å². The van der Waals surface area contributed by atoms with Crippen molar-refractivity contribution in [3.8, 4) is 11.5 Å². The Labute approximate surface area is 120 Å². The Kier molecular flexibility index (Phi) is 5.02. The van der Waals surface area contributed by atoms with Crippen LogP contribution >= 0.6 is 0 Å². The average molecular weight is 271 g/mol. The van der Waals surface area contributed by atoms with Crippen molar-refractivity contribution in [3.05, 3.63) is 59.7 Å². The molecule has 3 nitrogen and oxygen atoms in total. The van der Waals surface area contributed by atoms with E-state index in [0.717, 1.165) is 12.0 Å². The molecule has 0 spiro atoms. The lowest BCUT2D eigenvalue weighted by Gasteiger charge is -2.15. The van der Waals surface area contributed by atoms with E-state index in [4.69, 9.17) is 4.74 Å². The summed E-state index contributed by atoms with van der Waals surface area (Å²) in [6.45, 7) is 2.79. The van der Waals surface area contributed by atoms with Gasteiger partial charge >= 0.3 is 0 Å². The predicted octanol–water partition coefficient (Wildman–Crippen LogP) is 3.12. The van der Waals surface area contributed by atoms with Crippen molar-refractivity contribution in [1.82, 2.24) is 5.32 Å². The van der Waals surface area contributed by atoms with Crippen LogP contribution in [0.25, 0.3) is 0 Å². The van der Waals surface area contributed by atoms with Crippen molar-refractivity contribution in [2.45, 2.75) is 25.9 Å². The molecule has 2 aromatic carbocycles. The summed E-state index contributed by atoms with van der Waals surface area (Å²) in [4.78, 5) is 0. The molecule has 2 N–H and O–H groups in total. The predicted molar refractivity (Wildman–Crippen MR) is 81.1 cm³/mol. The highest BCUT2D eigenvalue weighted by Crippen LogP contribution is 2.23. The molecule has 0 heterocycles. The lowest BCUT2D eigenvalue weighted by atomic mass is 10.1. The van der Waals surface area contributed by atoms with Gasteiger partial charge in [-0.05, 0) is 25.0 Å². The monoisotopic (exact) mass is 271 g/mol. The Morgan fingerprint density at radius 1 is 1.15 bits per heavy atom. The second-order valence-corrected chi connectivity index (χ2v) is 4.97. The van der Waals surface area contributed by atoms with Crippen LogP contribution in [0.2, 0.25) is 0 Å². The van der Waals surface area contributed by atoms with Crippen LogP contribution in [-0.2, 0) is 13.0 Å². The number of phenols is 1. The highest BCUT2D eigenvalue weighted by atomic mass is 16.5. The molecule has 0 aliphatic carbocycles. The number of ether oxygens (including phenoxy) is 1. The number of phenolic OH excluding ortho intramolecular Hbond substituents is 1. The molecule has 0 aliphatic rings. The molecule has 2 rings (SSSR count). The van der Waals surface area contributed by atoms with Gasteiger partial charge < -0.3 is 15.2 Å². The van der Waals surface area contributed by atoms with E-state index >= 15 is 0 Å². The average Bonchev–Trinajstić information content (AvgIpc) is 2.47. The first-order chi connectivity index (χ1) is 9.69. The first-order valence-corrected chi connectivity index (χ1v) is 6.82. The highest BCUT2D eigenvalue weighted by molar-refractivity contribution is 5.39. The van der Waals surface area contributed by atoms with Gasteiger partial charge in [0.25, 0.3) is 0 Å². The molecule has 0 aliphatic heterocycles. The maximum Gasteiger partial charge on any atom is 0.123 e. The molecule has 0 aromatic heterocycles. The smallest absolute Gasteiger partial charge is 0.123 e. The van der Waals surface area contributed by atoms with Gasteiger partial charge in [0.05, 0.1) is 7.11 Å². The van der Waals surface area contributed by atoms with Crippen LogP contribution < -0.4 is 10.1 Å². The number of nitrogens with one attached hydrogen (secondary N) is 1. The second-order valence-electron chi connectivity index (χ2n) is 4.97. The number of hydrogen-bond acceptors (Lipinski definition) is 3. The molecule has 0 amide bonds. The van der Waals surface area contributed by atoms with E-state index in [9.17, 15) is 5.11 Å². The zero-order valence-corrected chi connectivity index (χ0v) is 12.0. The maximum atomic E-state index is 9.91. The zero-order valence-electron chi connectivity index (χ0n) is 12.0. The van der Waals surface area contributed by atoms with Gasteiger partial charge in [-0.1, -0.05) is 36.4 Å². The molecule has 0 bridgehead atoms. The Hall–Kier alpha value is -2.00. The topological polar surface area (TPSA) is 41.5 Å². The van der Waals surface area contributed by atoms with Gasteiger partial charge in [-0.2, -0.15) is 0 Å². The van der Waals surface area contributed by atoms with Gasteiger partial charge in [-0.15, -0.1) is 0 Å². The first-order valence-electron chi connectivity index (χ1n) is 6.82. The molecule has 0 fully saturated rings. The van der Waals surface area contributed by atoms with Crippen LogP contribution in [0, 0.1) is 0 Å². The Balaban J connectivity index is 1.88. The lowest BCUT2D eigenvalue weighted by Crippen LogP contribution is -2.27. The van der Waals surface area contributed by atoms with Crippen molar-refractivity contribution in [2.75, 3.05) is 7.11 Å². The van der Waals surface area contributed by atoms with Gasteiger partial charge in [0, 0.05) is 24.2 Å². The van der Waals surface area contributed by atoms with Crippen LogP contribution in [0.4, 0.5) is 0 Å². The summed E-state index contributed by atoms with van der Waals surface area (Å²) in [6, 6.07) is 16.1. The SMILES string of the molecule is COc1ccc(CNC(C)Cc2ccccc2)c(O)c1. The summed E-state index contributed by atoms with van der Waals surface area (Å²) in [5.41, 5.74) is 2.19. The molecule has 0 saturated carbocycles. The number of hydrogen-bond donors (Lipinski definition) is 2. The van der Waals surface area contributed by atoms with E-state index in [-0.39, 0.29) is 5.75 Å². The number of rotatable bonds is 6. The van der Waals surface area contributed by atoms with E-state index in [0.29, 0.717) is 18.3 Å². The van der Waals surface area contributed by atoms with Gasteiger partial charge in [0.1, 0.15) is 11.5 Å². The molecule has 1 atom stereocenters.